The summed E-state index contributed by atoms with van der Waals surface area (Å²) < 4.78 is 5.47. The topological polar surface area (TPSA) is 98.5 Å². The second-order valence-corrected chi connectivity index (χ2v) is 8.66. The Kier molecular flexibility index (Phi) is 7.59. The molecule has 2 aromatic rings. The molecule has 4 rings (SSSR count). The lowest BCUT2D eigenvalue weighted by Gasteiger charge is -2.34. The number of likely N-dealkylation sites (tertiary alicyclic amines) is 1. The number of likely N-dealkylation sites (N-methyl/N-ethyl adjacent to an activating group) is 1. The van der Waals surface area contributed by atoms with Crippen molar-refractivity contribution in [2.75, 3.05) is 27.2 Å². The van der Waals surface area contributed by atoms with Crippen LogP contribution in [0, 0.1) is 0 Å². The highest BCUT2D eigenvalue weighted by Crippen LogP contribution is 2.39. The predicted molar refractivity (Wildman–Crippen MR) is 127 cm³/mol. The summed E-state index contributed by atoms with van der Waals surface area (Å²) in [5.74, 6) is -0.0942. The van der Waals surface area contributed by atoms with Gasteiger partial charge in [-0.05, 0) is 38.9 Å². The lowest BCUT2D eigenvalue weighted by atomic mass is 9.91. The number of para-hydroxylation sites is 1. The Morgan fingerprint density at radius 2 is 2.00 bits per heavy atom. The molecule has 3 heterocycles. The number of fused-ring (bicyclic) bond motifs is 2. The Morgan fingerprint density at radius 1 is 1.25 bits per heavy atom. The van der Waals surface area contributed by atoms with Gasteiger partial charge in [0.05, 0.1) is 18.2 Å². The fourth-order valence-corrected chi connectivity index (χ4v) is 4.99. The molecule has 4 N–H and O–H groups in total. The van der Waals surface area contributed by atoms with Crippen LogP contribution in [0.4, 0.5) is 0 Å². The van der Waals surface area contributed by atoms with E-state index in [0.717, 1.165) is 18.5 Å². The van der Waals surface area contributed by atoms with Gasteiger partial charge in [-0.2, -0.15) is 0 Å². The zero-order valence-corrected chi connectivity index (χ0v) is 18.6. The minimum Gasteiger partial charge on any atom is -0.379 e. The Labute approximate surface area is 190 Å². The lowest BCUT2D eigenvalue weighted by molar-refractivity contribution is -0.141. The third-order valence-corrected chi connectivity index (χ3v) is 7.00. The van der Waals surface area contributed by atoms with Crippen molar-refractivity contribution in [2.24, 2.45) is 0 Å². The molecule has 0 spiro atoms. The van der Waals surface area contributed by atoms with Crippen molar-refractivity contribution in [1.82, 2.24) is 25.8 Å². The predicted octanol–water partition coefficient (Wildman–Crippen LogP) is 1.59. The van der Waals surface area contributed by atoms with Crippen molar-refractivity contribution < 1.29 is 14.3 Å². The number of hydrogen-bond acceptors (Lipinski definition) is 5. The van der Waals surface area contributed by atoms with Crippen LogP contribution in [0.1, 0.15) is 39.2 Å². The van der Waals surface area contributed by atoms with Gasteiger partial charge in [0, 0.05) is 49.3 Å². The number of H-pyrrole nitrogens is 1. The second-order valence-electron chi connectivity index (χ2n) is 8.66. The molecule has 2 fully saturated rings. The van der Waals surface area contributed by atoms with Crippen LogP contribution in [0.3, 0.4) is 0 Å². The molecule has 8 nitrogen and oxygen atoms in total. The van der Waals surface area contributed by atoms with Crippen molar-refractivity contribution in [3.8, 4) is 0 Å². The van der Waals surface area contributed by atoms with Crippen LogP contribution in [0.2, 0.25) is 0 Å². The van der Waals surface area contributed by atoms with Gasteiger partial charge in [-0.15, -0.1) is 0 Å². The van der Waals surface area contributed by atoms with Crippen molar-refractivity contribution in [3.05, 3.63) is 36.0 Å². The number of benzene rings is 1. The molecule has 6 atom stereocenters. The summed E-state index contributed by atoms with van der Waals surface area (Å²) >= 11 is 0. The molecule has 176 valence electrons. The normalized spacial score (nSPS) is 25.1. The molecule has 2 aliphatic heterocycles. The number of nitrogens with zero attached hydrogens (tertiary/aromatic N) is 1. The Morgan fingerprint density at radius 3 is 2.72 bits per heavy atom. The minimum atomic E-state index is -0.726. The quantitative estimate of drug-likeness (QED) is 0.521. The fraction of sp³-hybridized carbons (Fsp3) is 0.583. The Bertz CT molecular complexity index is 945. The zero-order valence-electron chi connectivity index (χ0n) is 18.6. The average Bonchev–Trinajstić information content (AvgIpc) is 3.50. The van der Waals surface area contributed by atoms with Crippen molar-refractivity contribution >= 4 is 22.7 Å². The highest BCUT2D eigenvalue weighted by molar-refractivity contribution is 5.91. The van der Waals surface area contributed by atoms with Crippen molar-refractivity contribution in [2.45, 2.75) is 63.9 Å². The van der Waals surface area contributed by atoms with Gasteiger partial charge in [-0.3, -0.25) is 9.59 Å². The third kappa shape index (κ3) is 4.27. The number of rotatable bonds is 7. The van der Waals surface area contributed by atoms with Gasteiger partial charge in [0.15, 0.2) is 0 Å². The molecule has 1 aromatic carbocycles. The van der Waals surface area contributed by atoms with E-state index in [9.17, 15) is 9.59 Å². The summed E-state index contributed by atoms with van der Waals surface area (Å²) in [4.78, 5) is 31.6. The third-order valence-electron chi connectivity index (χ3n) is 7.00. The molecule has 8 heteroatoms. The van der Waals surface area contributed by atoms with Crippen molar-refractivity contribution in [1.29, 1.82) is 0 Å². The largest absolute Gasteiger partial charge is 0.379 e. The van der Waals surface area contributed by atoms with E-state index >= 15 is 0 Å². The van der Waals surface area contributed by atoms with Crippen molar-refractivity contribution in [3.63, 3.8) is 0 Å². The number of carbonyl (C=O) groups is 2. The molecule has 2 unspecified atom stereocenters. The molecule has 2 saturated heterocycles. The molecule has 2 aliphatic rings. The summed E-state index contributed by atoms with van der Waals surface area (Å²) in [6, 6.07) is 7.47. The van der Waals surface area contributed by atoms with Gasteiger partial charge in [-0.25, -0.2) is 0 Å². The standard InChI is InChI=1S/C23H33N5O3.CH4/c1-13(24-3)22(29)27-20(14(2)31-4)23(30)28-10-9-19-21(28)17(12-26-19)16-11-25-18-8-6-5-7-15(16)18;/h5-8,11,13-14,17,19-21,24-26H,9-10,12H2,1-4H3,(H,27,29);1H4/t13-,14?,17+,19?,20-,21+;/m0./s1. The zero-order chi connectivity index (χ0) is 22.1. The molecule has 0 radical (unpaired) electrons. The van der Waals surface area contributed by atoms with Gasteiger partial charge in [0.2, 0.25) is 11.8 Å². The first-order valence-electron chi connectivity index (χ1n) is 11.1. The maximum Gasteiger partial charge on any atom is 0.248 e. The fourth-order valence-electron chi connectivity index (χ4n) is 4.99. The highest BCUT2D eigenvalue weighted by atomic mass is 16.5. The van der Waals surface area contributed by atoms with E-state index in [-0.39, 0.29) is 37.2 Å². The number of nitrogens with one attached hydrogen (secondary N) is 4. The first kappa shape index (κ1) is 24.2. The summed E-state index contributed by atoms with van der Waals surface area (Å²) in [6.45, 7) is 5.09. The first-order chi connectivity index (χ1) is 15.0. The highest BCUT2D eigenvalue weighted by Gasteiger charge is 2.49. The Hall–Kier alpha value is -2.42. The smallest absolute Gasteiger partial charge is 0.248 e. The number of hydrogen-bond donors (Lipinski definition) is 4. The summed E-state index contributed by atoms with van der Waals surface area (Å²) in [5, 5.41) is 10.7. The maximum atomic E-state index is 13.7. The van der Waals surface area contributed by atoms with Gasteiger partial charge >= 0.3 is 0 Å². The van der Waals surface area contributed by atoms with Crippen LogP contribution in [0.25, 0.3) is 10.9 Å². The summed E-state index contributed by atoms with van der Waals surface area (Å²) in [5.41, 5.74) is 2.34. The van der Waals surface area contributed by atoms with Crippen LogP contribution >= 0.6 is 0 Å². The Balaban J connectivity index is 0.00000289. The molecule has 0 aliphatic carbocycles. The molecule has 1 aromatic heterocycles. The van der Waals surface area contributed by atoms with E-state index < -0.39 is 18.2 Å². The number of amides is 2. The average molecular weight is 444 g/mol. The van der Waals surface area contributed by atoms with Crippen LogP contribution in [-0.2, 0) is 14.3 Å². The van der Waals surface area contributed by atoms with E-state index in [4.69, 9.17) is 4.74 Å². The molecule has 0 saturated carbocycles. The van der Waals surface area contributed by atoms with Gasteiger partial charge in [0.25, 0.3) is 0 Å². The minimum absolute atomic E-state index is 0. The number of aromatic nitrogens is 1. The molecule has 2 amide bonds. The SMILES string of the molecule is C.CN[C@@H](C)C(=O)N[C@H](C(=O)N1CCC2NC[C@H](c3c[nH]c4ccccc34)[C@H]21)C(C)OC. The maximum absolute atomic E-state index is 13.7. The van der Waals surface area contributed by atoms with Gasteiger partial charge in [-0.1, -0.05) is 25.6 Å². The number of aromatic amines is 1. The van der Waals surface area contributed by atoms with E-state index in [1.54, 1.807) is 21.1 Å². The molecule has 32 heavy (non-hydrogen) atoms. The van der Waals surface area contributed by atoms with E-state index in [0.29, 0.717) is 6.54 Å². The van der Waals surface area contributed by atoms with E-state index in [1.165, 1.54) is 10.9 Å². The number of methoxy groups -OCH3 is 1. The number of ether oxygens (including phenoxy) is 1. The van der Waals surface area contributed by atoms with Crippen LogP contribution < -0.4 is 16.0 Å². The second kappa shape index (κ2) is 10.0. The summed E-state index contributed by atoms with van der Waals surface area (Å²) in [7, 11) is 3.29. The number of carbonyl (C=O) groups excluding carboxylic acids is 2. The molecular weight excluding hydrogens is 406 g/mol. The van der Waals surface area contributed by atoms with E-state index in [1.807, 2.05) is 24.0 Å². The summed E-state index contributed by atoms with van der Waals surface area (Å²) in [6.07, 6.45) is 2.55. The lowest BCUT2D eigenvalue weighted by Crippen LogP contribution is -2.58. The van der Waals surface area contributed by atoms with Gasteiger partial charge in [0.1, 0.15) is 6.04 Å². The molecule has 0 bridgehead atoms. The van der Waals surface area contributed by atoms with Crippen LogP contribution in [0.15, 0.2) is 30.5 Å². The van der Waals surface area contributed by atoms with Crippen LogP contribution in [0.5, 0.6) is 0 Å². The van der Waals surface area contributed by atoms with E-state index in [2.05, 4.69) is 39.3 Å². The van der Waals surface area contributed by atoms with Gasteiger partial charge < -0.3 is 30.6 Å². The monoisotopic (exact) mass is 443 g/mol. The van der Waals surface area contributed by atoms with Crippen LogP contribution in [-0.4, -0.2) is 79.2 Å². The first-order valence-corrected chi connectivity index (χ1v) is 11.1. The molecular formula is C24H37N5O3.